The Balaban J connectivity index is 2.23. The highest BCUT2D eigenvalue weighted by atomic mass is 32.1. The molecule has 26 heavy (non-hydrogen) atoms. The summed E-state index contributed by atoms with van der Waals surface area (Å²) in [6, 6.07) is 5.47. The Labute approximate surface area is 156 Å². The van der Waals surface area contributed by atoms with Gasteiger partial charge in [-0.25, -0.2) is 9.78 Å². The van der Waals surface area contributed by atoms with Crippen LogP contribution in [0.2, 0.25) is 0 Å². The fraction of sp³-hybridized carbons (Fsp3) is 0.350. The van der Waals surface area contributed by atoms with Gasteiger partial charge in [0.1, 0.15) is 10.9 Å². The summed E-state index contributed by atoms with van der Waals surface area (Å²) in [5.41, 5.74) is 4.06. The topological polar surface area (TPSA) is 61.2 Å². The Kier molecular flexibility index (Phi) is 4.96. The average Bonchev–Trinajstić information content (AvgIpc) is 2.94. The van der Waals surface area contributed by atoms with Gasteiger partial charge in [-0.05, 0) is 51.3 Å². The van der Waals surface area contributed by atoms with Crippen molar-refractivity contribution in [2.24, 2.45) is 0 Å². The molecule has 1 aromatic carbocycles. The van der Waals surface area contributed by atoms with Crippen molar-refractivity contribution in [2.75, 3.05) is 6.61 Å². The second-order valence-corrected chi connectivity index (χ2v) is 7.60. The number of aromatic nitrogens is 2. The van der Waals surface area contributed by atoms with Crippen LogP contribution >= 0.6 is 11.3 Å². The second-order valence-electron chi connectivity index (χ2n) is 6.40. The van der Waals surface area contributed by atoms with Gasteiger partial charge >= 0.3 is 5.97 Å². The number of rotatable bonds is 4. The predicted octanol–water partition coefficient (Wildman–Crippen LogP) is 4.17. The summed E-state index contributed by atoms with van der Waals surface area (Å²) >= 11 is 1.50. The molecule has 136 valence electrons. The number of aryl methyl sites for hydroxylation is 3. The molecule has 2 heterocycles. The Morgan fingerprint density at radius 1 is 1.27 bits per heavy atom. The third kappa shape index (κ3) is 3.05. The molecule has 0 saturated heterocycles. The van der Waals surface area contributed by atoms with E-state index < -0.39 is 12.0 Å². The Morgan fingerprint density at radius 3 is 2.65 bits per heavy atom. The molecule has 5 nitrogen and oxygen atoms in total. The van der Waals surface area contributed by atoms with Gasteiger partial charge in [0.15, 0.2) is 0 Å². The summed E-state index contributed by atoms with van der Waals surface area (Å²) in [5.74, 6) is -0.435. The minimum Gasteiger partial charge on any atom is -0.464 e. The van der Waals surface area contributed by atoms with Gasteiger partial charge in [-0.3, -0.25) is 9.36 Å². The van der Waals surface area contributed by atoms with Gasteiger partial charge in [0.05, 0.1) is 18.3 Å². The lowest BCUT2D eigenvalue weighted by Gasteiger charge is -2.13. The molecule has 0 aliphatic heterocycles. The lowest BCUT2D eigenvalue weighted by Crippen LogP contribution is -2.29. The zero-order chi connectivity index (χ0) is 19.0. The summed E-state index contributed by atoms with van der Waals surface area (Å²) in [7, 11) is 0. The van der Waals surface area contributed by atoms with Crippen LogP contribution < -0.4 is 5.56 Å². The van der Waals surface area contributed by atoms with Crippen molar-refractivity contribution in [1.82, 2.24) is 9.55 Å². The monoisotopic (exact) mass is 370 g/mol. The van der Waals surface area contributed by atoms with Crippen molar-refractivity contribution in [3.8, 4) is 11.1 Å². The maximum atomic E-state index is 13.2. The first-order valence-corrected chi connectivity index (χ1v) is 9.41. The summed E-state index contributed by atoms with van der Waals surface area (Å²) in [4.78, 5) is 31.4. The number of carbonyl (C=O) groups is 1. The molecule has 0 unspecified atom stereocenters. The first-order chi connectivity index (χ1) is 12.3. The van der Waals surface area contributed by atoms with E-state index in [2.05, 4.69) is 31.0 Å². The molecule has 0 spiro atoms. The van der Waals surface area contributed by atoms with E-state index >= 15 is 0 Å². The number of nitrogens with zero attached hydrogens (tertiary/aromatic N) is 2. The molecule has 3 aromatic rings. The van der Waals surface area contributed by atoms with E-state index in [-0.39, 0.29) is 12.2 Å². The Hall–Kier alpha value is -2.47. The summed E-state index contributed by atoms with van der Waals surface area (Å²) in [6.07, 6.45) is 1.44. The smallest absolute Gasteiger partial charge is 0.328 e. The van der Waals surface area contributed by atoms with E-state index in [1.807, 2.05) is 13.0 Å². The lowest BCUT2D eigenvalue weighted by atomic mass is 9.99. The highest BCUT2D eigenvalue weighted by Gasteiger charge is 2.22. The number of fused-ring (bicyclic) bond motifs is 1. The van der Waals surface area contributed by atoms with Crippen LogP contribution in [-0.2, 0) is 9.53 Å². The fourth-order valence-electron chi connectivity index (χ4n) is 3.01. The van der Waals surface area contributed by atoms with Crippen LogP contribution in [0.3, 0.4) is 0 Å². The first kappa shape index (κ1) is 18.3. The van der Waals surface area contributed by atoms with Crippen LogP contribution in [0.5, 0.6) is 0 Å². The van der Waals surface area contributed by atoms with Crippen LogP contribution in [0, 0.1) is 20.8 Å². The minimum atomic E-state index is -0.716. The van der Waals surface area contributed by atoms with Gasteiger partial charge in [0.2, 0.25) is 0 Å². The van der Waals surface area contributed by atoms with Gasteiger partial charge in [0.25, 0.3) is 5.56 Å². The van der Waals surface area contributed by atoms with E-state index in [1.165, 1.54) is 33.4 Å². The zero-order valence-corrected chi connectivity index (χ0v) is 16.4. The van der Waals surface area contributed by atoms with Gasteiger partial charge < -0.3 is 4.74 Å². The van der Waals surface area contributed by atoms with Crippen molar-refractivity contribution in [2.45, 2.75) is 40.7 Å². The molecule has 3 rings (SSSR count). The van der Waals surface area contributed by atoms with Gasteiger partial charge in [-0.15, -0.1) is 11.3 Å². The number of benzene rings is 1. The van der Waals surface area contributed by atoms with Crippen LogP contribution in [0.4, 0.5) is 0 Å². The van der Waals surface area contributed by atoms with Crippen LogP contribution in [0.25, 0.3) is 21.3 Å². The van der Waals surface area contributed by atoms with Crippen molar-refractivity contribution in [1.29, 1.82) is 0 Å². The summed E-state index contributed by atoms with van der Waals surface area (Å²) in [5, 5.41) is 0.564. The highest BCUT2D eigenvalue weighted by molar-refractivity contribution is 7.19. The van der Waals surface area contributed by atoms with Crippen LogP contribution in [0.15, 0.2) is 29.3 Å². The van der Waals surface area contributed by atoms with Crippen LogP contribution in [-0.4, -0.2) is 22.1 Å². The summed E-state index contributed by atoms with van der Waals surface area (Å²) in [6.45, 7) is 9.79. The van der Waals surface area contributed by atoms with Gasteiger partial charge in [-0.2, -0.15) is 0 Å². The molecule has 0 aliphatic carbocycles. The quantitative estimate of drug-likeness (QED) is 0.647. The maximum absolute atomic E-state index is 13.2. The molecule has 0 fully saturated rings. The molecular formula is C20H22N2O3S. The Morgan fingerprint density at radius 2 is 2.00 bits per heavy atom. The predicted molar refractivity (Wildman–Crippen MR) is 105 cm³/mol. The number of ether oxygens (including phenoxy) is 1. The van der Waals surface area contributed by atoms with E-state index in [0.717, 1.165) is 16.0 Å². The lowest BCUT2D eigenvalue weighted by molar-refractivity contribution is -0.146. The minimum absolute atomic E-state index is 0.215. The number of carbonyl (C=O) groups excluding carboxylic acids is 1. The molecule has 0 amide bonds. The van der Waals surface area contributed by atoms with E-state index in [0.29, 0.717) is 10.2 Å². The SMILES string of the molecule is CCOC(=O)[C@@H](C)n1cnc2sc(C)c(-c3ccc(C)c(C)c3)c2c1=O. The van der Waals surface area contributed by atoms with Crippen LogP contribution in [0.1, 0.15) is 35.9 Å². The molecule has 0 radical (unpaired) electrons. The number of hydrogen-bond acceptors (Lipinski definition) is 5. The highest BCUT2D eigenvalue weighted by Crippen LogP contribution is 2.36. The number of hydrogen-bond donors (Lipinski definition) is 0. The van der Waals surface area contributed by atoms with Gasteiger partial charge in [-0.1, -0.05) is 18.2 Å². The zero-order valence-electron chi connectivity index (χ0n) is 15.6. The molecule has 0 saturated carbocycles. The number of thiophene rings is 1. The number of esters is 1. The standard InChI is InChI=1S/C20H22N2O3S/c1-6-25-20(24)13(4)22-10-21-18-17(19(22)23)16(14(5)26-18)15-8-7-11(2)12(3)9-15/h7-10,13H,6H2,1-5H3/t13-/m1/s1. The van der Waals surface area contributed by atoms with Gasteiger partial charge in [0, 0.05) is 10.4 Å². The molecule has 0 N–H and O–H groups in total. The Bertz CT molecular complexity index is 1050. The largest absolute Gasteiger partial charge is 0.464 e. The fourth-order valence-corrected chi connectivity index (χ4v) is 4.02. The molecule has 6 heteroatoms. The van der Waals surface area contributed by atoms with Crippen molar-refractivity contribution in [3.63, 3.8) is 0 Å². The maximum Gasteiger partial charge on any atom is 0.328 e. The van der Waals surface area contributed by atoms with Crippen molar-refractivity contribution in [3.05, 3.63) is 50.9 Å². The third-order valence-electron chi connectivity index (χ3n) is 4.65. The third-order valence-corrected chi connectivity index (χ3v) is 5.67. The molecule has 0 aliphatic rings. The summed E-state index contributed by atoms with van der Waals surface area (Å²) < 4.78 is 6.41. The normalized spacial score (nSPS) is 12.3. The molecule has 1 atom stereocenters. The van der Waals surface area contributed by atoms with Crippen molar-refractivity contribution < 1.29 is 9.53 Å². The van der Waals surface area contributed by atoms with E-state index in [1.54, 1.807) is 13.8 Å². The average molecular weight is 370 g/mol. The molecule has 0 bridgehead atoms. The van der Waals surface area contributed by atoms with Crippen molar-refractivity contribution >= 4 is 27.5 Å². The van der Waals surface area contributed by atoms with E-state index in [9.17, 15) is 9.59 Å². The molecular weight excluding hydrogens is 348 g/mol. The molecule has 2 aromatic heterocycles. The second kappa shape index (κ2) is 7.03. The first-order valence-electron chi connectivity index (χ1n) is 8.59. The van der Waals surface area contributed by atoms with E-state index in [4.69, 9.17) is 4.74 Å².